The van der Waals surface area contributed by atoms with E-state index in [1.54, 1.807) is 0 Å². The van der Waals surface area contributed by atoms with Crippen molar-refractivity contribution in [2.24, 2.45) is 10.9 Å². The smallest absolute Gasteiger partial charge is 0.208 e. The van der Waals surface area contributed by atoms with Gasteiger partial charge in [-0.25, -0.2) is 17.8 Å². The lowest BCUT2D eigenvalue weighted by molar-refractivity contribution is 0.305. The maximum atomic E-state index is 11.1. The summed E-state index contributed by atoms with van der Waals surface area (Å²) in [6.07, 6.45) is 1.82. The summed E-state index contributed by atoms with van der Waals surface area (Å²) in [4.78, 5) is 3.92. The molecule has 0 aliphatic heterocycles. The molecule has 0 aliphatic carbocycles. The van der Waals surface area contributed by atoms with Crippen LogP contribution in [0.15, 0.2) is 9.62 Å². The molecule has 1 aromatic rings. The summed E-state index contributed by atoms with van der Waals surface area (Å²) in [5, 5.41) is 19.4. The molecule has 1 heterocycles. The molecule has 2 atom stereocenters. The molecule has 0 saturated heterocycles. The molecule has 3 N–H and O–H groups in total. The first-order valence-corrected chi connectivity index (χ1v) is 9.34. The van der Waals surface area contributed by atoms with Gasteiger partial charge in [-0.3, -0.25) is 4.99 Å². The number of nitrogens with one attached hydrogen (secondary N) is 2. The van der Waals surface area contributed by atoms with Crippen LogP contribution in [0.1, 0.15) is 26.0 Å². The van der Waals surface area contributed by atoms with Crippen molar-refractivity contribution in [2.75, 3.05) is 31.3 Å². The molecule has 1 rings (SSSR count). The number of aliphatic imine (C=N–C) groups is 1. The average molecular weight is 368 g/mol. The first kappa shape index (κ1) is 19.8. The molecule has 9 nitrogen and oxygen atoms in total. The van der Waals surface area contributed by atoms with E-state index in [2.05, 4.69) is 30.0 Å². The van der Waals surface area contributed by atoms with Gasteiger partial charge < -0.3 is 10.4 Å². The zero-order chi connectivity index (χ0) is 17.5. The van der Waals surface area contributed by atoms with Crippen LogP contribution >= 0.6 is 11.6 Å². The van der Waals surface area contributed by atoms with Crippen molar-refractivity contribution in [3.8, 4) is 0 Å². The molecule has 0 spiro atoms. The first-order chi connectivity index (χ1) is 10.7. The minimum atomic E-state index is -3.19. The predicted molar refractivity (Wildman–Crippen MR) is 88.4 cm³/mol. The van der Waals surface area contributed by atoms with Crippen LogP contribution in [0.4, 0.5) is 5.82 Å². The van der Waals surface area contributed by atoms with E-state index in [9.17, 15) is 8.42 Å². The van der Waals surface area contributed by atoms with Crippen LogP contribution in [0, 0.1) is 5.92 Å². The van der Waals surface area contributed by atoms with Gasteiger partial charge in [-0.2, -0.15) is 0 Å². The van der Waals surface area contributed by atoms with Gasteiger partial charge in [0.05, 0.1) is 19.4 Å². The number of sulfonamides is 1. The lowest BCUT2D eigenvalue weighted by Gasteiger charge is -2.18. The second-order valence-electron chi connectivity index (χ2n) is 5.36. The van der Waals surface area contributed by atoms with Crippen LogP contribution in [0.25, 0.3) is 0 Å². The zero-order valence-electron chi connectivity index (χ0n) is 13.3. The lowest BCUT2D eigenvalue weighted by atomic mass is 10.0. The number of aliphatic hydroxyl groups is 1. The van der Waals surface area contributed by atoms with Gasteiger partial charge in [0.25, 0.3) is 0 Å². The molecule has 132 valence electrons. The predicted octanol–water partition coefficient (Wildman–Crippen LogP) is 0.423. The van der Waals surface area contributed by atoms with Crippen LogP contribution in [0.2, 0.25) is 0 Å². The monoisotopic (exact) mass is 367 g/mol. The van der Waals surface area contributed by atoms with Crippen molar-refractivity contribution < 1.29 is 18.2 Å². The molecular weight excluding hydrogens is 346 g/mol. The Morgan fingerprint density at radius 1 is 1.43 bits per heavy atom. The summed E-state index contributed by atoms with van der Waals surface area (Å²) in [6.45, 7) is 4.26. The summed E-state index contributed by atoms with van der Waals surface area (Å²) >= 11 is 5.98. The fraction of sp³-hybridized carbons (Fsp3) is 0.750. The lowest BCUT2D eigenvalue weighted by Crippen LogP contribution is -2.30. The SMILES string of the molecule is CC(CNS(C)(=O)=O)CC(C)Nc1nonc1C(Cl)=NCCO. The maximum Gasteiger partial charge on any atom is 0.208 e. The Hall–Kier alpha value is -1.23. The number of hydrogen-bond acceptors (Lipinski definition) is 8. The van der Waals surface area contributed by atoms with Gasteiger partial charge in [0.2, 0.25) is 15.8 Å². The number of aromatic nitrogens is 2. The van der Waals surface area contributed by atoms with E-state index in [1.807, 2.05) is 13.8 Å². The highest BCUT2D eigenvalue weighted by atomic mass is 35.5. The molecule has 0 saturated carbocycles. The number of anilines is 1. The summed E-state index contributed by atoms with van der Waals surface area (Å²) in [5.74, 6) is 0.474. The molecular formula is C12H22ClN5O4S. The Morgan fingerprint density at radius 2 is 2.13 bits per heavy atom. The molecule has 0 fully saturated rings. The number of halogens is 1. The summed E-state index contributed by atoms with van der Waals surface area (Å²) in [5.41, 5.74) is 0.272. The highest BCUT2D eigenvalue weighted by molar-refractivity contribution is 7.88. The molecule has 0 bridgehead atoms. The molecule has 0 radical (unpaired) electrons. The molecule has 0 amide bonds. The van der Waals surface area contributed by atoms with E-state index in [1.165, 1.54) is 0 Å². The van der Waals surface area contributed by atoms with Gasteiger partial charge in [0.15, 0.2) is 10.9 Å². The van der Waals surface area contributed by atoms with Crippen molar-refractivity contribution in [3.63, 3.8) is 0 Å². The third-order valence-electron chi connectivity index (χ3n) is 2.87. The Kier molecular flexibility index (Phi) is 7.89. The topological polar surface area (TPSA) is 130 Å². The van der Waals surface area contributed by atoms with Gasteiger partial charge in [-0.1, -0.05) is 18.5 Å². The summed E-state index contributed by atoms with van der Waals surface area (Å²) in [6, 6.07) is -0.0145. The Balaban J connectivity index is 2.58. The number of aliphatic hydroxyl groups excluding tert-OH is 1. The molecule has 11 heteroatoms. The van der Waals surface area contributed by atoms with Crippen molar-refractivity contribution >= 4 is 32.6 Å². The van der Waals surface area contributed by atoms with E-state index >= 15 is 0 Å². The van der Waals surface area contributed by atoms with Crippen LogP contribution in [-0.2, 0) is 10.0 Å². The summed E-state index contributed by atoms with van der Waals surface area (Å²) < 4.78 is 29.3. The number of rotatable bonds is 10. The second-order valence-corrected chi connectivity index (χ2v) is 7.56. The average Bonchev–Trinajstić information content (AvgIpc) is 2.89. The van der Waals surface area contributed by atoms with Crippen molar-refractivity contribution in [2.45, 2.75) is 26.3 Å². The first-order valence-electron chi connectivity index (χ1n) is 7.07. The molecule has 0 aromatic carbocycles. The Bertz CT molecular complexity index is 619. The minimum absolute atomic E-state index is 0.0145. The van der Waals surface area contributed by atoms with E-state index in [0.717, 1.165) is 6.26 Å². The number of nitrogens with zero attached hydrogens (tertiary/aromatic N) is 3. The highest BCUT2D eigenvalue weighted by Gasteiger charge is 2.18. The maximum absolute atomic E-state index is 11.1. The van der Waals surface area contributed by atoms with Crippen LogP contribution in [0.3, 0.4) is 0 Å². The largest absolute Gasteiger partial charge is 0.394 e. The van der Waals surface area contributed by atoms with Gasteiger partial charge in [0, 0.05) is 12.6 Å². The van der Waals surface area contributed by atoms with Gasteiger partial charge in [0.1, 0.15) is 0 Å². The van der Waals surface area contributed by atoms with E-state index in [0.29, 0.717) is 18.8 Å². The zero-order valence-corrected chi connectivity index (χ0v) is 14.9. The fourth-order valence-electron chi connectivity index (χ4n) is 1.91. The van der Waals surface area contributed by atoms with Crippen molar-refractivity contribution in [1.82, 2.24) is 15.0 Å². The minimum Gasteiger partial charge on any atom is -0.394 e. The third-order valence-corrected chi connectivity index (χ3v) is 3.86. The molecule has 0 aliphatic rings. The normalized spacial score (nSPS) is 15.4. The Morgan fingerprint density at radius 3 is 2.74 bits per heavy atom. The van der Waals surface area contributed by atoms with Gasteiger partial charge >= 0.3 is 0 Å². The van der Waals surface area contributed by atoms with Crippen LogP contribution < -0.4 is 10.0 Å². The highest BCUT2D eigenvalue weighted by Crippen LogP contribution is 2.16. The third kappa shape index (κ3) is 7.73. The van der Waals surface area contributed by atoms with E-state index in [-0.39, 0.29) is 36.0 Å². The van der Waals surface area contributed by atoms with E-state index in [4.69, 9.17) is 16.7 Å². The van der Waals surface area contributed by atoms with Crippen LogP contribution in [-0.4, -0.2) is 61.0 Å². The van der Waals surface area contributed by atoms with Gasteiger partial charge in [-0.15, -0.1) is 0 Å². The quantitative estimate of drug-likeness (QED) is 0.511. The van der Waals surface area contributed by atoms with Crippen molar-refractivity contribution in [3.05, 3.63) is 5.69 Å². The standard InChI is InChI=1S/C12H22ClN5O4S/c1-8(7-15-23(3,20)21)6-9(2)16-12-10(17-22-18-12)11(13)14-4-5-19/h8-9,15,19H,4-7H2,1-3H3,(H,16,18). The Labute approximate surface area is 140 Å². The summed E-state index contributed by atoms with van der Waals surface area (Å²) in [7, 11) is -3.19. The van der Waals surface area contributed by atoms with Gasteiger partial charge in [-0.05, 0) is 29.6 Å². The van der Waals surface area contributed by atoms with Crippen LogP contribution in [0.5, 0.6) is 0 Å². The number of hydrogen-bond donors (Lipinski definition) is 3. The molecule has 2 unspecified atom stereocenters. The fourth-order valence-corrected chi connectivity index (χ4v) is 2.71. The molecule has 23 heavy (non-hydrogen) atoms. The van der Waals surface area contributed by atoms with E-state index < -0.39 is 10.0 Å². The van der Waals surface area contributed by atoms with Crippen molar-refractivity contribution in [1.29, 1.82) is 0 Å². The molecule has 1 aromatic heterocycles. The second kappa shape index (κ2) is 9.16.